The van der Waals surface area contributed by atoms with Gasteiger partial charge in [0.2, 0.25) is 0 Å². The van der Waals surface area contributed by atoms with Crippen molar-refractivity contribution in [3.05, 3.63) is 64.7 Å². The van der Waals surface area contributed by atoms with E-state index >= 15 is 0 Å². The highest BCUT2D eigenvalue weighted by atomic mass is 35.5. The van der Waals surface area contributed by atoms with Crippen LogP contribution < -0.4 is 5.32 Å². The number of benzene rings is 2. The normalized spacial score (nSPS) is 20.8. The minimum atomic E-state index is -5.14. The van der Waals surface area contributed by atoms with Crippen LogP contribution in [0.4, 0.5) is 18.9 Å². The largest absolute Gasteiger partial charge is 0.430 e. The van der Waals surface area contributed by atoms with Gasteiger partial charge in [-0.2, -0.15) is 13.2 Å². The van der Waals surface area contributed by atoms with Crippen molar-refractivity contribution in [3.63, 3.8) is 0 Å². The van der Waals surface area contributed by atoms with Crippen molar-refractivity contribution in [2.75, 3.05) is 45.6 Å². The zero-order valence-electron chi connectivity index (χ0n) is 22.0. The number of nitrogens with zero attached hydrogens (tertiary/aromatic N) is 3. The number of hydrogen-bond acceptors (Lipinski definition) is 5. The van der Waals surface area contributed by atoms with Crippen molar-refractivity contribution < 1.29 is 27.9 Å². The molecule has 2 saturated heterocycles. The van der Waals surface area contributed by atoms with Crippen molar-refractivity contribution in [1.29, 1.82) is 0 Å². The monoisotopic (exact) mass is 566 g/mol. The molecular weight excluding hydrogens is 533 g/mol. The number of carbonyl (C=O) groups is 2. The third-order valence-corrected chi connectivity index (χ3v) is 7.92. The van der Waals surface area contributed by atoms with Crippen molar-refractivity contribution in [1.82, 2.24) is 14.7 Å². The van der Waals surface area contributed by atoms with E-state index < -0.39 is 23.2 Å². The molecule has 2 aromatic rings. The van der Waals surface area contributed by atoms with Crippen LogP contribution >= 0.6 is 11.6 Å². The summed E-state index contributed by atoms with van der Waals surface area (Å²) in [5.41, 5.74) is -2.80. The summed E-state index contributed by atoms with van der Waals surface area (Å²) in [4.78, 5) is 30.2. The lowest BCUT2D eigenvalue weighted by Gasteiger charge is -2.44. The van der Waals surface area contributed by atoms with E-state index in [0.717, 1.165) is 48.7 Å². The van der Waals surface area contributed by atoms with Crippen molar-refractivity contribution in [2.24, 2.45) is 0 Å². The van der Waals surface area contributed by atoms with E-state index in [4.69, 9.17) is 11.6 Å². The quantitative estimate of drug-likeness (QED) is 0.543. The number of hydrogen-bond donors (Lipinski definition) is 2. The van der Waals surface area contributed by atoms with Crippen LogP contribution in [0, 0.1) is 0 Å². The average Bonchev–Trinajstić information content (AvgIpc) is 2.92. The van der Waals surface area contributed by atoms with E-state index in [1.165, 1.54) is 23.1 Å². The van der Waals surface area contributed by atoms with Gasteiger partial charge in [0.25, 0.3) is 17.4 Å². The third kappa shape index (κ3) is 6.18. The van der Waals surface area contributed by atoms with E-state index in [1.54, 1.807) is 26.2 Å². The predicted molar refractivity (Wildman–Crippen MR) is 144 cm³/mol. The van der Waals surface area contributed by atoms with Gasteiger partial charge in [-0.3, -0.25) is 14.5 Å². The van der Waals surface area contributed by atoms with Gasteiger partial charge >= 0.3 is 6.18 Å². The first-order chi connectivity index (χ1) is 18.4. The Labute approximate surface area is 231 Å². The molecule has 4 rings (SSSR count). The topological polar surface area (TPSA) is 76.1 Å². The van der Waals surface area contributed by atoms with Gasteiger partial charge in [-0.15, -0.1) is 0 Å². The van der Waals surface area contributed by atoms with Crippen LogP contribution in [0.1, 0.15) is 41.6 Å². The predicted octanol–water partition coefficient (Wildman–Crippen LogP) is 4.36. The van der Waals surface area contributed by atoms with Gasteiger partial charge in [-0.05, 0) is 50.4 Å². The zero-order chi connectivity index (χ0) is 28.4. The number of alkyl halides is 3. The number of carbonyl (C=O) groups excluding carboxylic acids is 2. The summed E-state index contributed by atoms with van der Waals surface area (Å²) < 4.78 is 41.9. The summed E-state index contributed by atoms with van der Waals surface area (Å²) in [6.45, 7) is 1.88. The number of amides is 2. The maximum absolute atomic E-state index is 14.0. The van der Waals surface area contributed by atoms with Gasteiger partial charge in [-0.25, -0.2) is 0 Å². The van der Waals surface area contributed by atoms with Crippen LogP contribution in [0.25, 0.3) is 0 Å². The van der Waals surface area contributed by atoms with Gasteiger partial charge in [0.1, 0.15) is 0 Å². The Bertz CT molecular complexity index is 1170. The number of halogens is 4. The van der Waals surface area contributed by atoms with Crippen molar-refractivity contribution in [3.8, 4) is 0 Å². The fraction of sp³-hybridized carbons (Fsp3) is 0.500. The van der Waals surface area contributed by atoms with Crippen molar-refractivity contribution in [2.45, 2.75) is 49.5 Å². The molecule has 11 heteroatoms. The van der Waals surface area contributed by atoms with Crippen LogP contribution in [0.5, 0.6) is 0 Å². The molecule has 2 fully saturated rings. The summed E-state index contributed by atoms with van der Waals surface area (Å²) in [6.07, 6.45) is -2.21. The zero-order valence-corrected chi connectivity index (χ0v) is 22.8. The van der Waals surface area contributed by atoms with E-state index in [1.807, 2.05) is 6.07 Å². The molecule has 2 aromatic carbocycles. The molecule has 2 aliphatic rings. The maximum atomic E-state index is 14.0. The first-order valence-electron chi connectivity index (χ1n) is 13.1. The van der Waals surface area contributed by atoms with E-state index in [2.05, 4.69) is 10.2 Å². The molecule has 0 radical (unpaired) electrons. The van der Waals surface area contributed by atoms with Gasteiger partial charge < -0.3 is 20.2 Å². The number of nitrogens with one attached hydrogen (secondary N) is 1. The summed E-state index contributed by atoms with van der Waals surface area (Å²) in [5.74, 6) is -1.50. The minimum Gasteiger partial charge on any atom is -0.381 e. The van der Waals surface area contributed by atoms with Gasteiger partial charge in [-0.1, -0.05) is 41.9 Å². The molecule has 2 N–H and O–H groups in total. The Morgan fingerprint density at radius 2 is 1.69 bits per heavy atom. The first kappa shape index (κ1) is 29.2. The number of piperidine rings is 2. The summed E-state index contributed by atoms with van der Waals surface area (Å²) in [5, 5.41) is 14.5. The average molecular weight is 567 g/mol. The number of likely N-dealkylation sites (tertiary alicyclic amines) is 2. The molecule has 7 nitrogen and oxygen atoms in total. The second-order valence-electron chi connectivity index (χ2n) is 10.5. The van der Waals surface area contributed by atoms with Gasteiger partial charge in [0, 0.05) is 57.1 Å². The molecule has 0 unspecified atom stereocenters. The molecule has 39 heavy (non-hydrogen) atoms. The molecule has 0 aromatic heterocycles. The Hall–Kier alpha value is -2.82. The first-order valence-corrected chi connectivity index (χ1v) is 13.5. The van der Waals surface area contributed by atoms with E-state index in [9.17, 15) is 27.9 Å². The van der Waals surface area contributed by atoms with Crippen LogP contribution in [-0.4, -0.2) is 90.2 Å². The second kappa shape index (κ2) is 11.7. The van der Waals surface area contributed by atoms with E-state index in [0.29, 0.717) is 23.4 Å². The molecule has 2 amide bonds. The molecule has 212 valence electrons. The maximum Gasteiger partial charge on any atom is 0.430 e. The van der Waals surface area contributed by atoms with Gasteiger partial charge in [0.15, 0.2) is 0 Å². The number of rotatable bonds is 6. The van der Waals surface area contributed by atoms with Crippen molar-refractivity contribution >= 4 is 29.1 Å². The molecule has 0 aliphatic carbocycles. The lowest BCUT2D eigenvalue weighted by Crippen LogP contribution is -2.58. The fourth-order valence-electron chi connectivity index (χ4n) is 5.46. The standard InChI is InChI=1S/C28H34ClF3N4O3/c1-34(2)25(37)23-11-10-20(17-24(23)29)33-21-9-6-14-36(18-21)22-12-15-35(16-13-22)26(38)27(39,28(30,31)32)19-7-4-3-5-8-19/h3-5,7-8,10-11,17,21-22,33,39H,6,9,12-16,18H2,1-2H3/t21-,27-/m1/s1. The third-order valence-electron chi connectivity index (χ3n) is 7.61. The molecule has 2 atom stereocenters. The highest BCUT2D eigenvalue weighted by molar-refractivity contribution is 6.34. The smallest absolute Gasteiger partial charge is 0.381 e. The summed E-state index contributed by atoms with van der Waals surface area (Å²) >= 11 is 6.36. The van der Waals surface area contributed by atoms with Crippen LogP contribution in [0.15, 0.2) is 48.5 Å². The SMILES string of the molecule is CN(C)C(=O)c1ccc(N[C@@H]2CCCN(C3CCN(C(=O)[C@](O)(c4ccccc4)C(F)(F)F)CC3)C2)cc1Cl. The fourth-order valence-corrected chi connectivity index (χ4v) is 5.72. The van der Waals surface area contributed by atoms with Crippen LogP contribution in [0.2, 0.25) is 5.02 Å². The minimum absolute atomic E-state index is 0.123. The highest BCUT2D eigenvalue weighted by Gasteiger charge is 2.62. The molecule has 0 saturated carbocycles. The van der Waals surface area contributed by atoms with Crippen LogP contribution in [0.3, 0.4) is 0 Å². The lowest BCUT2D eigenvalue weighted by atomic mass is 9.90. The van der Waals surface area contributed by atoms with Crippen LogP contribution in [-0.2, 0) is 10.4 Å². The molecule has 0 spiro atoms. The van der Waals surface area contributed by atoms with E-state index in [-0.39, 0.29) is 31.1 Å². The Balaban J connectivity index is 1.36. The van der Waals surface area contributed by atoms with Gasteiger partial charge in [0.05, 0.1) is 10.6 Å². The summed E-state index contributed by atoms with van der Waals surface area (Å²) in [6, 6.07) is 12.1. The molecule has 0 bridgehead atoms. The highest BCUT2D eigenvalue weighted by Crippen LogP contribution is 2.41. The Morgan fingerprint density at radius 3 is 2.28 bits per heavy atom. The Morgan fingerprint density at radius 1 is 1.03 bits per heavy atom. The molecule has 2 aliphatic heterocycles. The number of aliphatic hydroxyl groups is 1. The Kier molecular flexibility index (Phi) is 8.78. The number of anilines is 1. The molecule has 2 heterocycles. The summed E-state index contributed by atoms with van der Waals surface area (Å²) in [7, 11) is 3.34. The molecular formula is C28H34ClF3N4O3. The second-order valence-corrected chi connectivity index (χ2v) is 10.9. The lowest BCUT2D eigenvalue weighted by molar-refractivity contribution is -0.262.